The maximum absolute atomic E-state index is 13.7. The first-order valence-electron chi connectivity index (χ1n) is 7.89. The average Bonchev–Trinajstić information content (AvgIpc) is 2.60. The van der Waals surface area contributed by atoms with Crippen molar-refractivity contribution < 1.29 is 9.18 Å². The minimum Gasteiger partial charge on any atom is -0.340 e. The molecule has 5 nitrogen and oxygen atoms in total. The van der Waals surface area contributed by atoms with Crippen molar-refractivity contribution >= 4 is 16.8 Å². The number of carbonyl (C=O) groups is 1. The molecular weight excluding hydrogens is 321 g/mol. The summed E-state index contributed by atoms with van der Waals surface area (Å²) in [6.07, 6.45) is 1.38. The summed E-state index contributed by atoms with van der Waals surface area (Å²) in [7, 11) is 1.58. The van der Waals surface area contributed by atoms with Gasteiger partial charge in [0.05, 0.1) is 17.2 Å². The molecule has 0 aliphatic carbocycles. The number of aromatic nitrogens is 2. The fourth-order valence-corrected chi connectivity index (χ4v) is 2.69. The summed E-state index contributed by atoms with van der Waals surface area (Å²) < 4.78 is 15.0. The average molecular weight is 339 g/mol. The number of amides is 1. The van der Waals surface area contributed by atoms with Crippen molar-refractivity contribution in [1.29, 1.82) is 0 Å². The minimum atomic E-state index is -0.359. The number of hydrogen-bond donors (Lipinski definition) is 0. The monoisotopic (exact) mass is 339 g/mol. The summed E-state index contributed by atoms with van der Waals surface area (Å²) in [6, 6.07) is 11.7. The molecule has 0 spiro atoms. The predicted molar refractivity (Wildman–Crippen MR) is 93.6 cm³/mol. The quantitative estimate of drug-likeness (QED) is 0.734. The summed E-state index contributed by atoms with van der Waals surface area (Å²) in [5, 5.41) is 0.479. The molecule has 6 heteroatoms. The van der Waals surface area contributed by atoms with Gasteiger partial charge in [0.15, 0.2) is 0 Å². The smallest absolute Gasteiger partial charge is 0.261 e. The third-order valence-corrected chi connectivity index (χ3v) is 4.15. The Morgan fingerprint density at radius 2 is 1.96 bits per heavy atom. The van der Waals surface area contributed by atoms with Gasteiger partial charge in [-0.15, -0.1) is 0 Å². The van der Waals surface area contributed by atoms with E-state index in [4.69, 9.17) is 0 Å². The minimum absolute atomic E-state index is 0.138. The molecule has 25 heavy (non-hydrogen) atoms. The number of nitrogens with zero attached hydrogens (tertiary/aromatic N) is 3. The lowest BCUT2D eigenvalue weighted by atomic mass is 10.1. The zero-order chi connectivity index (χ0) is 18.0. The molecule has 0 saturated carbocycles. The summed E-state index contributed by atoms with van der Waals surface area (Å²) in [5.74, 6) is -0.652. The van der Waals surface area contributed by atoms with Gasteiger partial charge in [0.1, 0.15) is 12.4 Å². The van der Waals surface area contributed by atoms with E-state index in [1.807, 2.05) is 13.0 Å². The number of likely N-dealkylation sites (N-methyl/N-ethyl adjacent to an activating group) is 1. The number of rotatable bonds is 4. The van der Waals surface area contributed by atoms with E-state index in [0.717, 1.165) is 5.56 Å². The molecule has 2 aromatic carbocycles. The molecule has 128 valence electrons. The largest absolute Gasteiger partial charge is 0.340 e. The van der Waals surface area contributed by atoms with Gasteiger partial charge >= 0.3 is 0 Å². The van der Waals surface area contributed by atoms with Gasteiger partial charge in [-0.1, -0.05) is 30.3 Å². The van der Waals surface area contributed by atoms with Crippen LogP contribution in [0.25, 0.3) is 10.9 Å². The molecule has 0 aliphatic rings. The molecule has 0 unspecified atom stereocenters. The molecule has 0 N–H and O–H groups in total. The van der Waals surface area contributed by atoms with E-state index < -0.39 is 0 Å². The Morgan fingerprint density at radius 3 is 2.72 bits per heavy atom. The summed E-state index contributed by atoms with van der Waals surface area (Å²) in [4.78, 5) is 30.6. The highest BCUT2D eigenvalue weighted by Crippen LogP contribution is 2.12. The second kappa shape index (κ2) is 6.84. The van der Waals surface area contributed by atoms with Crippen LogP contribution in [0, 0.1) is 12.7 Å². The molecule has 0 saturated heterocycles. The molecule has 0 fully saturated rings. The standard InChI is InChI=1S/C19H18FN3O2/c1-13-6-5-8-15-18(13)21-12-23(19(15)25)11-17(24)22(2)10-14-7-3-4-9-16(14)20/h3-9,12H,10-11H2,1-2H3. The van der Waals surface area contributed by atoms with E-state index in [-0.39, 0.29) is 30.4 Å². The maximum Gasteiger partial charge on any atom is 0.261 e. The van der Waals surface area contributed by atoms with Crippen LogP contribution in [-0.4, -0.2) is 27.4 Å². The molecule has 0 radical (unpaired) electrons. The van der Waals surface area contributed by atoms with Crippen molar-refractivity contribution in [3.05, 3.63) is 76.1 Å². The number of fused-ring (bicyclic) bond motifs is 1. The Hall–Kier alpha value is -3.02. The number of para-hydroxylation sites is 1. The van der Waals surface area contributed by atoms with Gasteiger partial charge < -0.3 is 4.90 Å². The van der Waals surface area contributed by atoms with Gasteiger partial charge in [0.25, 0.3) is 5.56 Å². The molecule has 3 aromatic rings. The first-order chi connectivity index (χ1) is 12.0. The molecule has 1 heterocycles. The van der Waals surface area contributed by atoms with Crippen molar-refractivity contribution in [2.45, 2.75) is 20.0 Å². The highest BCUT2D eigenvalue weighted by molar-refractivity contribution is 5.81. The Morgan fingerprint density at radius 1 is 1.20 bits per heavy atom. The van der Waals surface area contributed by atoms with Crippen molar-refractivity contribution in [1.82, 2.24) is 14.5 Å². The number of benzene rings is 2. The van der Waals surface area contributed by atoms with Crippen LogP contribution in [0.5, 0.6) is 0 Å². The van der Waals surface area contributed by atoms with Gasteiger partial charge in [0.2, 0.25) is 5.91 Å². The molecule has 0 bridgehead atoms. The Balaban J connectivity index is 1.81. The molecular formula is C19H18FN3O2. The summed E-state index contributed by atoms with van der Waals surface area (Å²) in [6.45, 7) is 1.88. The van der Waals surface area contributed by atoms with Crippen LogP contribution >= 0.6 is 0 Å². The van der Waals surface area contributed by atoms with Crippen molar-refractivity contribution in [2.24, 2.45) is 0 Å². The fourth-order valence-electron chi connectivity index (χ4n) is 2.69. The zero-order valence-electron chi connectivity index (χ0n) is 14.1. The Bertz CT molecular complexity index is 997. The van der Waals surface area contributed by atoms with Crippen LogP contribution in [0.4, 0.5) is 4.39 Å². The van der Waals surface area contributed by atoms with E-state index in [2.05, 4.69) is 4.98 Å². The van der Waals surface area contributed by atoms with E-state index in [1.54, 1.807) is 37.4 Å². The first-order valence-corrected chi connectivity index (χ1v) is 7.89. The van der Waals surface area contributed by atoms with Crippen LogP contribution in [-0.2, 0) is 17.9 Å². The topological polar surface area (TPSA) is 55.2 Å². The lowest BCUT2D eigenvalue weighted by Gasteiger charge is -2.18. The highest BCUT2D eigenvalue weighted by Gasteiger charge is 2.14. The van der Waals surface area contributed by atoms with E-state index in [0.29, 0.717) is 16.5 Å². The van der Waals surface area contributed by atoms with Gasteiger partial charge in [-0.25, -0.2) is 9.37 Å². The normalized spacial score (nSPS) is 10.8. The number of carbonyl (C=O) groups excluding carboxylic acids is 1. The number of aryl methyl sites for hydroxylation is 1. The Labute approximate surface area is 144 Å². The highest BCUT2D eigenvalue weighted by atomic mass is 19.1. The zero-order valence-corrected chi connectivity index (χ0v) is 14.1. The van der Waals surface area contributed by atoms with Crippen LogP contribution < -0.4 is 5.56 Å². The lowest BCUT2D eigenvalue weighted by Crippen LogP contribution is -2.34. The van der Waals surface area contributed by atoms with Gasteiger partial charge in [-0.05, 0) is 24.6 Å². The van der Waals surface area contributed by atoms with Gasteiger partial charge in [-0.3, -0.25) is 14.2 Å². The van der Waals surface area contributed by atoms with Gasteiger partial charge in [-0.2, -0.15) is 0 Å². The third kappa shape index (κ3) is 3.42. The van der Waals surface area contributed by atoms with Gasteiger partial charge in [0, 0.05) is 19.2 Å². The molecule has 1 amide bonds. The summed E-state index contributed by atoms with van der Waals surface area (Å²) in [5.41, 5.74) is 1.71. The van der Waals surface area contributed by atoms with E-state index >= 15 is 0 Å². The number of halogens is 1. The van der Waals surface area contributed by atoms with Crippen molar-refractivity contribution in [3.8, 4) is 0 Å². The van der Waals surface area contributed by atoms with Crippen LogP contribution in [0.3, 0.4) is 0 Å². The number of hydrogen-bond acceptors (Lipinski definition) is 3. The molecule has 0 aliphatic heterocycles. The third-order valence-electron chi connectivity index (χ3n) is 4.15. The molecule has 0 atom stereocenters. The molecule has 1 aromatic heterocycles. The predicted octanol–water partition coefficient (Wildman–Crippen LogP) is 2.50. The SMILES string of the molecule is Cc1cccc2c(=O)n(CC(=O)N(C)Cc3ccccc3F)cnc12. The van der Waals surface area contributed by atoms with Crippen molar-refractivity contribution in [2.75, 3.05) is 7.05 Å². The van der Waals surface area contributed by atoms with Crippen LogP contribution in [0.15, 0.2) is 53.6 Å². The van der Waals surface area contributed by atoms with E-state index in [9.17, 15) is 14.0 Å². The maximum atomic E-state index is 13.7. The second-order valence-electron chi connectivity index (χ2n) is 5.99. The fraction of sp³-hybridized carbons (Fsp3) is 0.211. The van der Waals surface area contributed by atoms with Crippen LogP contribution in [0.1, 0.15) is 11.1 Å². The first kappa shape index (κ1) is 16.8. The van der Waals surface area contributed by atoms with E-state index in [1.165, 1.54) is 21.9 Å². The Kier molecular flexibility index (Phi) is 4.61. The van der Waals surface area contributed by atoms with Crippen molar-refractivity contribution in [3.63, 3.8) is 0 Å². The van der Waals surface area contributed by atoms with Crippen LogP contribution in [0.2, 0.25) is 0 Å². The second-order valence-corrected chi connectivity index (χ2v) is 5.99. The molecule has 3 rings (SSSR count). The summed E-state index contributed by atoms with van der Waals surface area (Å²) >= 11 is 0. The lowest BCUT2D eigenvalue weighted by molar-refractivity contribution is -0.131.